The van der Waals surface area contributed by atoms with Gasteiger partial charge >= 0.3 is 0 Å². The van der Waals surface area contributed by atoms with Crippen molar-refractivity contribution in [2.45, 2.75) is 0 Å². The summed E-state index contributed by atoms with van der Waals surface area (Å²) in [6, 6.07) is 0. The normalized spacial score (nSPS) is 12.0. The van der Waals surface area contributed by atoms with Gasteiger partial charge in [-0.1, -0.05) is 98.3 Å². The third-order valence-electron chi connectivity index (χ3n) is 16.1. The molecule has 81 heavy (non-hydrogen) atoms. The van der Waals surface area contributed by atoms with Gasteiger partial charge in [-0.25, -0.2) is 0 Å². The molecule has 0 unspecified atom stereocenters. The molecular formula is C50B30O. The smallest absolute Gasteiger partial charge is 0.141 e. The van der Waals surface area contributed by atoms with Crippen molar-refractivity contribution in [1.29, 1.82) is 0 Å². The lowest BCUT2D eigenvalue weighted by molar-refractivity contribution is 0.676. The zero-order valence-electron chi connectivity index (χ0n) is 42.7. The van der Waals surface area contributed by atoms with E-state index in [2.05, 4.69) is 0 Å². The Bertz CT molecular complexity index is 4840. The molecule has 0 N–H and O–H groups in total. The fourth-order valence-electron chi connectivity index (χ4n) is 11.7. The van der Waals surface area contributed by atoms with Crippen molar-refractivity contribution < 1.29 is 4.42 Å². The van der Waals surface area contributed by atoms with Crippen LogP contribution in [0.5, 0.6) is 0 Å². The first-order valence-electron chi connectivity index (χ1n) is 23.8. The van der Waals surface area contributed by atoms with Gasteiger partial charge in [-0.2, -0.15) is 0 Å². The monoisotopic (exact) mass is 946 g/mol. The van der Waals surface area contributed by atoms with Gasteiger partial charge in [-0.15, -0.1) is 65.6 Å². The van der Waals surface area contributed by atoms with Crippen LogP contribution in [0.2, 0.25) is 0 Å². The Kier molecular flexibility index (Phi) is 13.9. The average molecular weight is 941 g/mol. The summed E-state index contributed by atoms with van der Waals surface area (Å²) >= 11 is 0. The lowest BCUT2D eigenvalue weighted by Gasteiger charge is -2.33. The number of furan rings is 1. The molecule has 11 aromatic rings. The van der Waals surface area contributed by atoms with Gasteiger partial charge < -0.3 is 4.42 Å². The van der Waals surface area contributed by atoms with E-state index in [4.69, 9.17) is 240 Å². The second-order valence-corrected chi connectivity index (χ2v) is 19.9. The van der Waals surface area contributed by atoms with Crippen molar-refractivity contribution in [2.24, 2.45) is 0 Å². The van der Waals surface area contributed by atoms with E-state index in [-0.39, 0.29) is 273 Å². The lowest BCUT2D eigenvalue weighted by Crippen LogP contribution is -2.53. The molecule has 0 saturated carbocycles. The highest BCUT2D eigenvalue weighted by molar-refractivity contribution is 6.78. The first kappa shape index (κ1) is 58.0. The summed E-state index contributed by atoms with van der Waals surface area (Å²) in [5, 5.41) is -0.0556. The Balaban J connectivity index is 1.48. The van der Waals surface area contributed by atoms with E-state index >= 15 is 0 Å². The highest BCUT2D eigenvalue weighted by Gasteiger charge is 2.33. The molecule has 1 nitrogen and oxygen atoms in total. The fourth-order valence-corrected chi connectivity index (χ4v) is 11.7. The third-order valence-corrected chi connectivity index (χ3v) is 16.1. The molecule has 0 aliphatic carbocycles. The van der Waals surface area contributed by atoms with E-state index in [9.17, 15) is 0 Å². The van der Waals surface area contributed by atoms with Crippen LogP contribution in [0.25, 0.3) is 109 Å². The van der Waals surface area contributed by atoms with Crippen LogP contribution in [0, 0.1) is 0 Å². The predicted molar refractivity (Wildman–Crippen MR) is 379 cm³/mol. The van der Waals surface area contributed by atoms with Crippen molar-refractivity contribution in [1.82, 2.24) is 0 Å². The maximum absolute atomic E-state index is 7.48. The van der Waals surface area contributed by atoms with Crippen molar-refractivity contribution in [3.05, 3.63) is 0 Å². The number of rotatable bonds is 3. The van der Waals surface area contributed by atoms with Crippen LogP contribution in [-0.2, 0) is 0 Å². The molecule has 296 valence electrons. The van der Waals surface area contributed by atoms with Gasteiger partial charge in [0.2, 0.25) is 0 Å². The molecule has 1 aromatic heterocycles. The summed E-state index contributed by atoms with van der Waals surface area (Å²) in [5.41, 5.74) is -6.20. The van der Waals surface area contributed by atoms with Crippen LogP contribution in [0.1, 0.15) is 0 Å². The molecule has 10 aromatic carbocycles. The zero-order valence-corrected chi connectivity index (χ0v) is 42.7. The van der Waals surface area contributed by atoms with Gasteiger partial charge in [-0.05, 0) is 81.9 Å². The molecule has 0 saturated heterocycles. The van der Waals surface area contributed by atoms with Gasteiger partial charge in [0.1, 0.15) is 247 Å². The van der Waals surface area contributed by atoms with Crippen molar-refractivity contribution >= 4 is 475 Å². The topological polar surface area (TPSA) is 13.1 Å². The largest absolute Gasteiger partial charge is 0.456 e. The maximum Gasteiger partial charge on any atom is 0.141 e. The van der Waals surface area contributed by atoms with E-state index in [1.807, 2.05) is 0 Å². The van der Waals surface area contributed by atoms with E-state index in [0.717, 1.165) is 0 Å². The maximum atomic E-state index is 7.48. The van der Waals surface area contributed by atoms with Crippen molar-refractivity contribution in [3.8, 4) is 33.4 Å². The van der Waals surface area contributed by atoms with Crippen LogP contribution in [0.3, 0.4) is 0 Å². The van der Waals surface area contributed by atoms with Gasteiger partial charge in [0.15, 0.2) is 0 Å². The van der Waals surface area contributed by atoms with E-state index in [0.29, 0.717) is 0 Å². The standard InChI is InChI=1S/C50B30O/c51-19-7(9-11(28(60)42(74)41(73)27(9)59)10(20(19)52)12-13-15(31(63)36(68)26(12)58)32(64)44(76)43(75)29(13)61)1-3-5(23(55)39(71)37(69)21(3)53)2(6-4(1)22(54)38(70)40(72)24(6)56)8-14-17-34(66)30(62)16-18(35(67)46(78)45(77)33(16)65)49(17)81-50(14)48(80)47(79)25(8)57. The first-order chi connectivity index (χ1) is 37.8. The minimum atomic E-state index is -0.311. The Morgan fingerprint density at radius 2 is 0.272 bits per heavy atom. The summed E-state index contributed by atoms with van der Waals surface area (Å²) in [7, 11) is 206. The van der Waals surface area contributed by atoms with Gasteiger partial charge in [-0.3, -0.25) is 0 Å². The summed E-state index contributed by atoms with van der Waals surface area (Å²) in [6.07, 6.45) is 0. The summed E-state index contributed by atoms with van der Waals surface area (Å²) < 4.78 is 6.66. The number of fused-ring (bicyclic) bond motifs is 9. The predicted octanol–water partition coefficient (Wildman–Crippen LogP) is -21.8. The van der Waals surface area contributed by atoms with Gasteiger partial charge in [0.05, 0.1) is 0 Å². The van der Waals surface area contributed by atoms with Crippen LogP contribution in [0.15, 0.2) is 4.42 Å². The number of hydrogen-bond donors (Lipinski definition) is 0. The SMILES string of the molecule is [B]c1c([B])c(-c2c3c([B])c([B])c([B])c([B])c3c(-c3c([B])c([B])c(-c4c([B])c([B])c([B])c5c([B])c([B])c([B])c([B])c45)c4c([B])c([B])c([B])c([B])c34)c3c([B])c([B])c([B])c([B])c23)c2c(oc3c4c([B])c([B])c([B])c([B])c4c([B])c([B])c32)c1[B]. The molecule has 60 radical (unpaired) electrons. The summed E-state index contributed by atoms with van der Waals surface area (Å²) in [6.45, 7) is 0. The molecule has 1 heterocycles. The molecule has 0 fully saturated rings. The quantitative estimate of drug-likeness (QED) is 0.127. The average Bonchev–Trinajstić information content (AvgIpc) is 3.89. The minimum Gasteiger partial charge on any atom is -0.456 e. The van der Waals surface area contributed by atoms with Gasteiger partial charge in [0, 0.05) is 16.2 Å². The summed E-state index contributed by atoms with van der Waals surface area (Å²) in [4.78, 5) is 0. The van der Waals surface area contributed by atoms with E-state index < -0.39 is 0 Å². The lowest BCUT2D eigenvalue weighted by atomic mass is 9.55. The molecule has 0 aliphatic rings. The third kappa shape index (κ3) is 7.30. The second-order valence-electron chi connectivity index (χ2n) is 19.9. The molecular weight excluding hydrogens is 941 g/mol. The Morgan fingerprint density at radius 1 is 0.111 bits per heavy atom. The van der Waals surface area contributed by atoms with Crippen LogP contribution in [0.4, 0.5) is 0 Å². The summed E-state index contributed by atoms with van der Waals surface area (Å²) in [5.74, 6) is 0. The van der Waals surface area contributed by atoms with Crippen LogP contribution < -0.4 is 164 Å². The first-order valence-corrected chi connectivity index (χ1v) is 23.8. The Morgan fingerprint density at radius 3 is 0.593 bits per heavy atom. The fraction of sp³-hybridized carbons (Fsp3) is 0. The molecule has 0 atom stereocenters. The van der Waals surface area contributed by atoms with Crippen molar-refractivity contribution in [3.63, 3.8) is 0 Å². The van der Waals surface area contributed by atoms with E-state index in [1.54, 1.807) is 0 Å². The Hall–Kier alpha value is -4.75. The highest BCUT2D eigenvalue weighted by atomic mass is 16.3. The number of hydrogen-bond acceptors (Lipinski definition) is 1. The highest BCUT2D eigenvalue weighted by Crippen LogP contribution is 2.45. The Labute approximate surface area is 509 Å². The van der Waals surface area contributed by atoms with Crippen molar-refractivity contribution in [2.75, 3.05) is 0 Å². The minimum absolute atomic E-state index is 0.0327. The number of benzene rings is 10. The molecule has 31 heteroatoms. The van der Waals surface area contributed by atoms with Crippen LogP contribution in [-0.4, -0.2) is 235 Å². The molecule has 11 rings (SSSR count). The molecule has 0 amide bonds. The zero-order chi connectivity index (χ0) is 59.6. The van der Waals surface area contributed by atoms with E-state index in [1.165, 1.54) is 0 Å². The van der Waals surface area contributed by atoms with Gasteiger partial charge in [0.25, 0.3) is 0 Å². The van der Waals surface area contributed by atoms with Crippen LogP contribution >= 0.6 is 0 Å². The molecule has 0 spiro atoms. The molecule has 0 bridgehead atoms. The second kappa shape index (κ2) is 19.4. The molecule has 0 aliphatic heterocycles.